The van der Waals surface area contributed by atoms with Crippen LogP contribution in [0.2, 0.25) is 32.7 Å². The Morgan fingerprint density at radius 3 is 2.14 bits per heavy atom. The maximum Gasteiger partial charge on any atom is 0.242 e. The summed E-state index contributed by atoms with van der Waals surface area (Å²) >= 11 is 0. The second-order valence-corrected chi connectivity index (χ2v) is 12.3. The van der Waals surface area contributed by atoms with E-state index < -0.39 is 17.1 Å². The SMILES string of the molecule is C[SiH](C)c1ccccc1O[Si](C)(C)C. The van der Waals surface area contributed by atoms with E-state index in [9.17, 15) is 0 Å². The molecule has 0 bridgehead atoms. The maximum absolute atomic E-state index is 6.07. The molecule has 1 rings (SSSR count). The molecule has 78 valence electrons. The third kappa shape index (κ3) is 3.31. The van der Waals surface area contributed by atoms with Gasteiger partial charge in [-0.3, -0.25) is 0 Å². The molecular weight excluding hydrogens is 204 g/mol. The van der Waals surface area contributed by atoms with Crippen LogP contribution >= 0.6 is 0 Å². The van der Waals surface area contributed by atoms with E-state index in [1.807, 2.05) is 0 Å². The van der Waals surface area contributed by atoms with Gasteiger partial charge in [0.05, 0.1) is 8.80 Å². The summed E-state index contributed by atoms with van der Waals surface area (Å²) in [5, 5.41) is 1.45. The number of para-hydroxylation sites is 1. The Hall–Kier alpha value is -0.546. The summed E-state index contributed by atoms with van der Waals surface area (Å²) in [6.07, 6.45) is 0. The lowest BCUT2D eigenvalue weighted by Gasteiger charge is -2.22. The standard InChI is InChI=1S/C11H20OSi2/c1-13(2)11-9-7-6-8-10(11)12-14(3,4)5/h6-9,13H,1-5H3. The van der Waals surface area contributed by atoms with Gasteiger partial charge >= 0.3 is 0 Å². The van der Waals surface area contributed by atoms with E-state index in [0.717, 1.165) is 5.75 Å². The summed E-state index contributed by atoms with van der Waals surface area (Å²) in [5.74, 6) is 1.13. The predicted octanol–water partition coefficient (Wildman–Crippen LogP) is 2.59. The highest BCUT2D eigenvalue weighted by Gasteiger charge is 2.18. The molecule has 0 aliphatic carbocycles. The lowest BCUT2D eigenvalue weighted by Crippen LogP contribution is -2.34. The number of hydrogen-bond donors (Lipinski definition) is 0. The minimum absolute atomic E-state index is 0.760. The van der Waals surface area contributed by atoms with Gasteiger partial charge in [-0.15, -0.1) is 0 Å². The zero-order valence-corrected chi connectivity index (χ0v) is 11.9. The van der Waals surface area contributed by atoms with Crippen molar-refractivity contribution in [2.45, 2.75) is 32.7 Å². The van der Waals surface area contributed by atoms with E-state index in [-0.39, 0.29) is 0 Å². The van der Waals surface area contributed by atoms with Crippen molar-refractivity contribution in [3.63, 3.8) is 0 Å². The number of rotatable bonds is 3. The van der Waals surface area contributed by atoms with Crippen molar-refractivity contribution in [1.29, 1.82) is 0 Å². The Morgan fingerprint density at radius 2 is 1.64 bits per heavy atom. The Labute approximate surface area is 89.9 Å². The Kier molecular flexibility index (Phi) is 3.55. The fraction of sp³-hybridized carbons (Fsp3) is 0.455. The van der Waals surface area contributed by atoms with Gasteiger partial charge in [0.25, 0.3) is 0 Å². The lowest BCUT2D eigenvalue weighted by atomic mass is 10.3. The predicted molar refractivity (Wildman–Crippen MR) is 68.9 cm³/mol. The molecule has 0 saturated carbocycles. The zero-order valence-electron chi connectivity index (χ0n) is 9.79. The van der Waals surface area contributed by atoms with Gasteiger partial charge in [0, 0.05) is 0 Å². The van der Waals surface area contributed by atoms with Gasteiger partial charge in [-0.2, -0.15) is 0 Å². The minimum atomic E-state index is -1.45. The third-order valence-electron chi connectivity index (χ3n) is 1.96. The van der Waals surface area contributed by atoms with Crippen LogP contribution in [0, 0.1) is 0 Å². The first-order chi connectivity index (χ1) is 6.40. The molecule has 1 aromatic carbocycles. The molecule has 0 amide bonds. The molecule has 1 nitrogen and oxygen atoms in total. The molecule has 0 radical (unpaired) electrons. The van der Waals surface area contributed by atoms with E-state index >= 15 is 0 Å². The Morgan fingerprint density at radius 1 is 1.07 bits per heavy atom. The molecule has 0 spiro atoms. The molecule has 1 aromatic rings. The minimum Gasteiger partial charge on any atom is -0.544 e. The van der Waals surface area contributed by atoms with Gasteiger partial charge < -0.3 is 4.43 Å². The van der Waals surface area contributed by atoms with Crippen molar-refractivity contribution in [3.05, 3.63) is 24.3 Å². The normalized spacial score (nSPS) is 11.9. The van der Waals surface area contributed by atoms with E-state index in [1.54, 1.807) is 0 Å². The Balaban J connectivity index is 2.96. The summed E-state index contributed by atoms with van der Waals surface area (Å²) in [6.45, 7) is 11.4. The van der Waals surface area contributed by atoms with Gasteiger partial charge in [-0.1, -0.05) is 31.3 Å². The van der Waals surface area contributed by atoms with E-state index in [0.29, 0.717) is 0 Å². The van der Waals surface area contributed by atoms with Crippen molar-refractivity contribution < 1.29 is 4.43 Å². The lowest BCUT2D eigenvalue weighted by molar-refractivity contribution is 0.562. The average Bonchev–Trinajstić information content (AvgIpc) is 2.01. The first-order valence-electron chi connectivity index (χ1n) is 5.18. The van der Waals surface area contributed by atoms with E-state index in [4.69, 9.17) is 4.43 Å². The molecule has 0 fully saturated rings. The summed E-state index contributed by atoms with van der Waals surface area (Å²) in [5.41, 5.74) is 0. The second kappa shape index (κ2) is 4.32. The fourth-order valence-electron chi connectivity index (χ4n) is 1.38. The number of benzene rings is 1. The molecule has 0 heterocycles. The monoisotopic (exact) mass is 224 g/mol. The smallest absolute Gasteiger partial charge is 0.242 e. The summed E-state index contributed by atoms with van der Waals surface area (Å²) < 4.78 is 6.07. The summed E-state index contributed by atoms with van der Waals surface area (Å²) in [7, 11) is -2.21. The molecule has 0 atom stereocenters. The highest BCUT2D eigenvalue weighted by molar-refractivity contribution is 6.73. The molecule has 0 unspecified atom stereocenters. The van der Waals surface area contributed by atoms with Gasteiger partial charge in [-0.05, 0) is 30.9 Å². The summed E-state index contributed by atoms with van der Waals surface area (Å²) in [4.78, 5) is 0. The molecule has 0 aromatic heterocycles. The zero-order chi connectivity index (χ0) is 10.8. The summed E-state index contributed by atoms with van der Waals surface area (Å²) in [6, 6.07) is 8.50. The largest absolute Gasteiger partial charge is 0.544 e. The highest BCUT2D eigenvalue weighted by Crippen LogP contribution is 2.14. The average molecular weight is 224 g/mol. The highest BCUT2D eigenvalue weighted by atomic mass is 28.4. The van der Waals surface area contributed by atoms with Crippen LogP contribution in [0.3, 0.4) is 0 Å². The van der Waals surface area contributed by atoms with Crippen LogP contribution < -0.4 is 9.61 Å². The van der Waals surface area contributed by atoms with Gasteiger partial charge in [0.15, 0.2) is 0 Å². The van der Waals surface area contributed by atoms with Crippen molar-refractivity contribution in [3.8, 4) is 5.75 Å². The molecule has 14 heavy (non-hydrogen) atoms. The number of hydrogen-bond acceptors (Lipinski definition) is 1. The van der Waals surface area contributed by atoms with Crippen LogP contribution in [0.5, 0.6) is 5.75 Å². The van der Waals surface area contributed by atoms with Crippen molar-refractivity contribution in [2.75, 3.05) is 0 Å². The molecule has 3 heteroatoms. The van der Waals surface area contributed by atoms with Crippen LogP contribution in [-0.2, 0) is 0 Å². The van der Waals surface area contributed by atoms with Crippen LogP contribution in [0.15, 0.2) is 24.3 Å². The molecular formula is C11H20OSi2. The van der Waals surface area contributed by atoms with Crippen molar-refractivity contribution in [1.82, 2.24) is 0 Å². The Bertz CT molecular complexity index is 302. The topological polar surface area (TPSA) is 9.23 Å². The fourth-order valence-corrected chi connectivity index (χ4v) is 3.56. The third-order valence-corrected chi connectivity index (χ3v) is 4.51. The van der Waals surface area contributed by atoms with E-state index in [2.05, 4.69) is 57.0 Å². The van der Waals surface area contributed by atoms with E-state index in [1.165, 1.54) is 5.19 Å². The van der Waals surface area contributed by atoms with Crippen LogP contribution in [0.1, 0.15) is 0 Å². The van der Waals surface area contributed by atoms with Crippen molar-refractivity contribution >= 4 is 22.3 Å². The molecule has 0 saturated heterocycles. The van der Waals surface area contributed by atoms with Crippen molar-refractivity contribution in [2.24, 2.45) is 0 Å². The molecule has 0 N–H and O–H groups in total. The van der Waals surface area contributed by atoms with Gasteiger partial charge in [-0.25, -0.2) is 0 Å². The first kappa shape index (κ1) is 11.5. The van der Waals surface area contributed by atoms with Crippen LogP contribution in [0.4, 0.5) is 0 Å². The van der Waals surface area contributed by atoms with Crippen LogP contribution in [0.25, 0.3) is 0 Å². The second-order valence-electron chi connectivity index (χ2n) is 4.91. The molecule has 0 aliphatic rings. The van der Waals surface area contributed by atoms with Crippen LogP contribution in [-0.4, -0.2) is 17.1 Å². The van der Waals surface area contributed by atoms with Gasteiger partial charge in [0.1, 0.15) is 5.75 Å². The quantitative estimate of drug-likeness (QED) is 0.717. The molecule has 0 aliphatic heterocycles. The first-order valence-corrected chi connectivity index (χ1v) is 11.5. The maximum atomic E-state index is 6.07. The van der Waals surface area contributed by atoms with Gasteiger partial charge in [0.2, 0.25) is 8.32 Å².